The predicted octanol–water partition coefficient (Wildman–Crippen LogP) is 3.46. The minimum absolute atomic E-state index is 0.0829. The third kappa shape index (κ3) is 3.09. The van der Waals surface area contributed by atoms with Crippen LogP contribution in [0.4, 0.5) is 0 Å². The normalized spacial score (nSPS) is 17.8. The molecule has 0 spiro atoms. The van der Waals surface area contributed by atoms with Crippen LogP contribution in [0, 0.1) is 0 Å². The van der Waals surface area contributed by atoms with Gasteiger partial charge >= 0.3 is 0 Å². The Morgan fingerprint density at radius 3 is 2.77 bits per heavy atom. The summed E-state index contributed by atoms with van der Waals surface area (Å²) in [5, 5.41) is 1.32. The van der Waals surface area contributed by atoms with E-state index in [2.05, 4.69) is 6.92 Å². The largest absolute Gasteiger partial charge is 0.342 e. The Morgan fingerprint density at radius 1 is 1.27 bits per heavy atom. The van der Waals surface area contributed by atoms with E-state index in [9.17, 15) is 9.59 Å². The highest BCUT2D eigenvalue weighted by atomic mass is 32.2. The first-order valence-electron chi connectivity index (χ1n) is 9.60. The monoisotopic (exact) mass is 391 g/mol. The highest BCUT2D eigenvalue weighted by molar-refractivity contribution is 8.00. The van der Waals surface area contributed by atoms with Gasteiger partial charge in [0.1, 0.15) is 4.83 Å². The first-order chi connectivity index (χ1) is 12.6. The van der Waals surface area contributed by atoms with E-state index in [0.717, 1.165) is 61.8 Å². The van der Waals surface area contributed by atoms with Crippen molar-refractivity contribution in [3.8, 4) is 0 Å². The molecule has 2 aromatic heterocycles. The number of likely N-dealkylation sites (tertiary alicyclic amines) is 1. The zero-order valence-electron chi connectivity index (χ0n) is 15.4. The van der Waals surface area contributed by atoms with Gasteiger partial charge in [-0.1, -0.05) is 18.7 Å². The first-order valence-corrected chi connectivity index (χ1v) is 11.3. The summed E-state index contributed by atoms with van der Waals surface area (Å²) in [4.78, 5) is 34.8. The fourth-order valence-electron chi connectivity index (χ4n) is 3.97. The Morgan fingerprint density at radius 2 is 2.04 bits per heavy atom. The van der Waals surface area contributed by atoms with Gasteiger partial charge in [0, 0.05) is 24.5 Å². The topological polar surface area (TPSA) is 55.2 Å². The van der Waals surface area contributed by atoms with Crippen molar-refractivity contribution in [1.82, 2.24) is 14.5 Å². The molecule has 4 rings (SSSR count). The molecule has 1 aliphatic heterocycles. The lowest BCUT2D eigenvalue weighted by molar-refractivity contribution is -0.129. The van der Waals surface area contributed by atoms with Gasteiger partial charge in [-0.15, -0.1) is 11.3 Å². The third-order valence-electron chi connectivity index (χ3n) is 5.28. The second-order valence-electron chi connectivity index (χ2n) is 7.18. The predicted molar refractivity (Wildman–Crippen MR) is 107 cm³/mol. The maximum Gasteiger partial charge on any atom is 0.263 e. The van der Waals surface area contributed by atoms with Gasteiger partial charge in [-0.3, -0.25) is 14.2 Å². The van der Waals surface area contributed by atoms with Gasteiger partial charge in [-0.25, -0.2) is 4.98 Å². The number of aryl methyl sites for hydroxylation is 2. The molecule has 140 valence electrons. The van der Waals surface area contributed by atoms with Gasteiger partial charge in [-0.05, 0) is 51.0 Å². The number of fused-ring (bicyclic) bond motifs is 3. The van der Waals surface area contributed by atoms with Crippen molar-refractivity contribution in [3.05, 3.63) is 20.8 Å². The van der Waals surface area contributed by atoms with Crippen LogP contribution in [-0.2, 0) is 24.2 Å². The van der Waals surface area contributed by atoms with E-state index in [1.54, 1.807) is 15.9 Å². The van der Waals surface area contributed by atoms with Crippen molar-refractivity contribution in [2.45, 2.75) is 69.3 Å². The quantitative estimate of drug-likeness (QED) is 0.579. The molecule has 2 aromatic rings. The van der Waals surface area contributed by atoms with E-state index in [-0.39, 0.29) is 16.7 Å². The molecule has 1 amide bonds. The zero-order chi connectivity index (χ0) is 18.3. The summed E-state index contributed by atoms with van der Waals surface area (Å²) >= 11 is 3.11. The van der Waals surface area contributed by atoms with Gasteiger partial charge in [-0.2, -0.15) is 0 Å². The van der Waals surface area contributed by atoms with Crippen LogP contribution in [-0.4, -0.2) is 38.7 Å². The summed E-state index contributed by atoms with van der Waals surface area (Å²) in [6.45, 7) is 6.37. The Hall–Kier alpha value is -1.34. The lowest BCUT2D eigenvalue weighted by Gasteiger charge is -2.20. The van der Waals surface area contributed by atoms with E-state index in [1.807, 2.05) is 11.8 Å². The van der Waals surface area contributed by atoms with Crippen LogP contribution in [0.5, 0.6) is 0 Å². The molecule has 0 bridgehead atoms. The molecule has 1 fully saturated rings. The SMILES string of the molecule is CCCn1c(S[C@@H](C)C(=O)N2CCCC2)nc2sc3c(c2c1=O)CCC3. The Balaban J connectivity index is 1.70. The maximum atomic E-state index is 13.2. The van der Waals surface area contributed by atoms with Crippen LogP contribution in [0.2, 0.25) is 0 Å². The van der Waals surface area contributed by atoms with Gasteiger partial charge in [0.2, 0.25) is 5.91 Å². The van der Waals surface area contributed by atoms with E-state index in [4.69, 9.17) is 4.98 Å². The summed E-state index contributed by atoms with van der Waals surface area (Å²) in [5.41, 5.74) is 1.31. The molecule has 1 aliphatic carbocycles. The van der Waals surface area contributed by atoms with Crippen LogP contribution in [0.25, 0.3) is 10.2 Å². The third-order valence-corrected chi connectivity index (χ3v) is 7.55. The second-order valence-corrected chi connectivity index (χ2v) is 9.57. The molecule has 1 atom stereocenters. The minimum Gasteiger partial charge on any atom is -0.342 e. The number of hydrogen-bond donors (Lipinski definition) is 0. The lowest BCUT2D eigenvalue weighted by Crippen LogP contribution is -2.34. The maximum absolute atomic E-state index is 13.2. The smallest absolute Gasteiger partial charge is 0.263 e. The Labute approximate surface area is 161 Å². The van der Waals surface area contributed by atoms with Crippen molar-refractivity contribution in [3.63, 3.8) is 0 Å². The molecule has 5 nitrogen and oxygen atoms in total. The van der Waals surface area contributed by atoms with Crippen molar-refractivity contribution in [1.29, 1.82) is 0 Å². The summed E-state index contributed by atoms with van der Waals surface area (Å²) in [5.74, 6) is 0.165. The molecule has 1 saturated heterocycles. The number of nitrogens with zero attached hydrogens (tertiary/aromatic N) is 3. The summed E-state index contributed by atoms with van der Waals surface area (Å²) in [6, 6.07) is 0. The number of carbonyl (C=O) groups is 1. The van der Waals surface area contributed by atoms with Crippen LogP contribution in [0.3, 0.4) is 0 Å². The number of amides is 1. The van der Waals surface area contributed by atoms with Crippen molar-refractivity contribution >= 4 is 39.2 Å². The van der Waals surface area contributed by atoms with E-state index >= 15 is 0 Å². The summed E-state index contributed by atoms with van der Waals surface area (Å²) in [6.07, 6.45) is 6.26. The van der Waals surface area contributed by atoms with Gasteiger partial charge in [0.05, 0.1) is 10.6 Å². The average molecular weight is 392 g/mol. The standard InChI is InChI=1S/C19H25N3O2S2/c1-3-9-22-18(24)15-13-7-6-8-14(13)26-16(15)20-19(22)25-12(2)17(23)21-10-4-5-11-21/h12H,3-11H2,1-2H3/t12-/m0/s1. The lowest BCUT2D eigenvalue weighted by atomic mass is 10.2. The number of rotatable bonds is 5. The van der Waals surface area contributed by atoms with E-state index in [0.29, 0.717) is 11.7 Å². The van der Waals surface area contributed by atoms with Crippen molar-refractivity contribution < 1.29 is 4.79 Å². The summed E-state index contributed by atoms with van der Waals surface area (Å²) < 4.78 is 1.80. The fourth-order valence-corrected chi connectivity index (χ4v) is 6.29. The summed E-state index contributed by atoms with van der Waals surface area (Å²) in [7, 11) is 0. The number of thiophene rings is 1. The molecule has 0 N–H and O–H groups in total. The fraction of sp³-hybridized carbons (Fsp3) is 0.632. The van der Waals surface area contributed by atoms with Crippen LogP contribution in [0.1, 0.15) is 50.0 Å². The molecule has 0 aromatic carbocycles. The number of hydrogen-bond acceptors (Lipinski definition) is 5. The van der Waals surface area contributed by atoms with Crippen LogP contribution >= 0.6 is 23.1 Å². The van der Waals surface area contributed by atoms with Crippen molar-refractivity contribution in [2.75, 3.05) is 13.1 Å². The molecule has 0 saturated carbocycles. The number of aromatic nitrogens is 2. The molecular formula is C19H25N3O2S2. The highest BCUT2D eigenvalue weighted by Gasteiger charge is 2.27. The zero-order valence-corrected chi connectivity index (χ0v) is 17.0. The molecule has 3 heterocycles. The molecular weight excluding hydrogens is 366 g/mol. The van der Waals surface area contributed by atoms with E-state index in [1.165, 1.54) is 22.2 Å². The van der Waals surface area contributed by atoms with Gasteiger partial charge < -0.3 is 4.90 Å². The molecule has 7 heteroatoms. The van der Waals surface area contributed by atoms with Gasteiger partial charge in [0.25, 0.3) is 5.56 Å². The van der Waals surface area contributed by atoms with Crippen molar-refractivity contribution in [2.24, 2.45) is 0 Å². The van der Waals surface area contributed by atoms with Crippen LogP contribution in [0.15, 0.2) is 9.95 Å². The Bertz CT molecular complexity index is 896. The second kappa shape index (κ2) is 7.35. The number of carbonyl (C=O) groups excluding carboxylic acids is 1. The molecule has 26 heavy (non-hydrogen) atoms. The number of thioether (sulfide) groups is 1. The Kier molecular flexibility index (Phi) is 5.10. The van der Waals surface area contributed by atoms with E-state index < -0.39 is 0 Å². The average Bonchev–Trinajstić information content (AvgIpc) is 3.33. The highest BCUT2D eigenvalue weighted by Crippen LogP contribution is 2.36. The van der Waals surface area contributed by atoms with Gasteiger partial charge in [0.15, 0.2) is 5.16 Å². The van der Waals surface area contributed by atoms with Crippen LogP contribution < -0.4 is 5.56 Å². The molecule has 2 aliphatic rings. The first kappa shape index (κ1) is 18.0. The molecule has 0 unspecified atom stereocenters. The minimum atomic E-state index is -0.215. The molecule has 0 radical (unpaired) electrons.